The highest BCUT2D eigenvalue weighted by molar-refractivity contribution is 7.13. The van der Waals surface area contributed by atoms with Gasteiger partial charge in [-0.25, -0.2) is 4.98 Å². The van der Waals surface area contributed by atoms with E-state index in [0.717, 1.165) is 29.2 Å². The van der Waals surface area contributed by atoms with E-state index in [1.54, 1.807) is 23.9 Å². The smallest absolute Gasteiger partial charge is 0.317 e. The van der Waals surface area contributed by atoms with Crippen molar-refractivity contribution >= 4 is 17.3 Å². The van der Waals surface area contributed by atoms with Crippen LogP contribution in [0.15, 0.2) is 28.4 Å². The minimum atomic E-state index is -0.807. The van der Waals surface area contributed by atoms with Crippen LogP contribution in [0.3, 0.4) is 0 Å². The lowest BCUT2D eigenvalue weighted by atomic mass is 10.3. The van der Waals surface area contributed by atoms with Gasteiger partial charge in [-0.15, -0.1) is 11.3 Å². The third-order valence-corrected chi connectivity index (χ3v) is 3.54. The standard InChI is InChI=1S/C13H16N2O3S/c1-2-4-15(7-12(16)17)6-11-9-19-13(14-11)10-3-5-18-8-10/h3,5,8-9H,2,4,6-7H2,1H3,(H,16,17). The molecule has 0 aliphatic heterocycles. The third kappa shape index (κ3) is 3.90. The van der Waals surface area contributed by atoms with Gasteiger partial charge in [0, 0.05) is 17.5 Å². The molecule has 0 amide bonds. The largest absolute Gasteiger partial charge is 0.480 e. The first-order chi connectivity index (χ1) is 9.19. The van der Waals surface area contributed by atoms with Crippen molar-refractivity contribution in [3.05, 3.63) is 29.7 Å². The van der Waals surface area contributed by atoms with Crippen LogP contribution in [0.5, 0.6) is 0 Å². The molecular formula is C13H16N2O3S. The molecule has 0 aliphatic carbocycles. The van der Waals surface area contributed by atoms with Crippen molar-refractivity contribution in [2.75, 3.05) is 13.1 Å². The Hall–Kier alpha value is -1.66. The molecule has 0 saturated heterocycles. The topological polar surface area (TPSA) is 66.6 Å². The minimum absolute atomic E-state index is 0.0480. The molecular weight excluding hydrogens is 264 g/mol. The van der Waals surface area contributed by atoms with Crippen LogP contribution in [0.4, 0.5) is 0 Å². The van der Waals surface area contributed by atoms with Crippen LogP contribution in [0.2, 0.25) is 0 Å². The molecule has 1 N–H and O–H groups in total. The number of carbonyl (C=O) groups is 1. The Labute approximate surface area is 115 Å². The molecule has 19 heavy (non-hydrogen) atoms. The summed E-state index contributed by atoms with van der Waals surface area (Å²) >= 11 is 1.54. The molecule has 0 aliphatic rings. The monoisotopic (exact) mass is 280 g/mol. The molecule has 102 valence electrons. The summed E-state index contributed by atoms with van der Waals surface area (Å²) in [6.07, 6.45) is 4.19. The van der Waals surface area contributed by atoms with Crippen molar-refractivity contribution in [1.82, 2.24) is 9.88 Å². The summed E-state index contributed by atoms with van der Waals surface area (Å²) in [6, 6.07) is 1.86. The van der Waals surface area contributed by atoms with Gasteiger partial charge in [0.15, 0.2) is 0 Å². The molecule has 0 bridgehead atoms. The van der Waals surface area contributed by atoms with E-state index in [0.29, 0.717) is 6.54 Å². The first kappa shape index (κ1) is 13.8. The SMILES string of the molecule is CCCN(CC(=O)O)Cc1csc(-c2ccoc2)n1. The first-order valence-corrected chi connectivity index (χ1v) is 6.98. The Morgan fingerprint density at radius 3 is 3.05 bits per heavy atom. The van der Waals surface area contributed by atoms with Gasteiger partial charge in [-0.05, 0) is 19.0 Å². The van der Waals surface area contributed by atoms with E-state index in [-0.39, 0.29) is 6.54 Å². The molecule has 0 spiro atoms. The first-order valence-electron chi connectivity index (χ1n) is 6.10. The van der Waals surface area contributed by atoms with Crippen LogP contribution in [0, 0.1) is 0 Å². The number of aromatic nitrogens is 1. The molecule has 2 rings (SSSR count). The van der Waals surface area contributed by atoms with E-state index in [1.165, 1.54) is 0 Å². The van der Waals surface area contributed by atoms with Crippen molar-refractivity contribution < 1.29 is 14.3 Å². The number of hydrogen-bond acceptors (Lipinski definition) is 5. The predicted octanol–water partition coefficient (Wildman–Crippen LogP) is 2.70. The van der Waals surface area contributed by atoms with Gasteiger partial charge in [0.1, 0.15) is 11.3 Å². The van der Waals surface area contributed by atoms with Crippen LogP contribution in [-0.2, 0) is 11.3 Å². The molecule has 0 atom stereocenters. The highest BCUT2D eigenvalue weighted by Gasteiger charge is 2.12. The van der Waals surface area contributed by atoms with E-state index < -0.39 is 5.97 Å². The summed E-state index contributed by atoms with van der Waals surface area (Å²) in [5, 5.41) is 11.7. The van der Waals surface area contributed by atoms with Gasteiger partial charge < -0.3 is 9.52 Å². The van der Waals surface area contributed by atoms with Crippen molar-refractivity contribution in [2.45, 2.75) is 19.9 Å². The summed E-state index contributed by atoms with van der Waals surface area (Å²) < 4.78 is 5.03. The van der Waals surface area contributed by atoms with Crippen molar-refractivity contribution in [3.8, 4) is 10.6 Å². The summed E-state index contributed by atoms with van der Waals surface area (Å²) in [5.41, 5.74) is 1.85. The maximum absolute atomic E-state index is 10.8. The summed E-state index contributed by atoms with van der Waals surface area (Å²) in [5.74, 6) is -0.807. The van der Waals surface area contributed by atoms with Gasteiger partial charge in [-0.2, -0.15) is 0 Å². The lowest BCUT2D eigenvalue weighted by Gasteiger charge is -2.17. The molecule has 0 aromatic carbocycles. The second-order valence-corrected chi connectivity index (χ2v) is 5.12. The van der Waals surface area contributed by atoms with E-state index in [9.17, 15) is 4.79 Å². The Kier molecular flexibility index (Phi) is 4.70. The van der Waals surface area contributed by atoms with Crippen LogP contribution in [-0.4, -0.2) is 34.0 Å². The minimum Gasteiger partial charge on any atom is -0.480 e. The fourth-order valence-electron chi connectivity index (χ4n) is 1.85. The Bertz CT molecular complexity index is 522. The van der Waals surface area contributed by atoms with Crippen LogP contribution in [0.25, 0.3) is 10.6 Å². The number of hydrogen-bond donors (Lipinski definition) is 1. The molecule has 0 radical (unpaired) electrons. The fourth-order valence-corrected chi connectivity index (χ4v) is 2.65. The van der Waals surface area contributed by atoms with Gasteiger partial charge >= 0.3 is 5.97 Å². The normalized spacial score (nSPS) is 11.1. The predicted molar refractivity (Wildman–Crippen MR) is 73.0 cm³/mol. The number of furan rings is 1. The molecule has 0 saturated carbocycles. The highest BCUT2D eigenvalue weighted by Crippen LogP contribution is 2.24. The number of carboxylic acids is 1. The van der Waals surface area contributed by atoms with E-state index in [4.69, 9.17) is 9.52 Å². The lowest BCUT2D eigenvalue weighted by molar-refractivity contribution is -0.138. The second kappa shape index (κ2) is 6.49. The third-order valence-electron chi connectivity index (χ3n) is 2.60. The second-order valence-electron chi connectivity index (χ2n) is 4.26. The number of rotatable bonds is 7. The summed E-state index contributed by atoms with van der Waals surface area (Å²) in [7, 11) is 0. The van der Waals surface area contributed by atoms with Crippen LogP contribution < -0.4 is 0 Å². The molecule has 0 unspecified atom stereocenters. The zero-order valence-corrected chi connectivity index (χ0v) is 11.5. The maximum Gasteiger partial charge on any atom is 0.317 e. The maximum atomic E-state index is 10.8. The van der Waals surface area contributed by atoms with Gasteiger partial charge in [0.25, 0.3) is 0 Å². The zero-order chi connectivity index (χ0) is 13.7. The zero-order valence-electron chi connectivity index (χ0n) is 10.7. The Morgan fingerprint density at radius 1 is 1.58 bits per heavy atom. The van der Waals surface area contributed by atoms with Gasteiger partial charge in [-0.3, -0.25) is 9.69 Å². The lowest BCUT2D eigenvalue weighted by Crippen LogP contribution is -2.30. The summed E-state index contributed by atoms with van der Waals surface area (Å²) in [4.78, 5) is 17.2. The number of carboxylic acid groups (broad SMARTS) is 1. The Morgan fingerprint density at radius 2 is 2.42 bits per heavy atom. The van der Waals surface area contributed by atoms with E-state index >= 15 is 0 Å². The molecule has 0 fully saturated rings. The van der Waals surface area contributed by atoms with E-state index in [2.05, 4.69) is 4.98 Å². The average Bonchev–Trinajstić information content (AvgIpc) is 2.97. The number of nitrogens with zero attached hydrogens (tertiary/aromatic N) is 2. The molecule has 5 nitrogen and oxygen atoms in total. The number of aliphatic carboxylic acids is 1. The molecule has 2 aromatic rings. The van der Waals surface area contributed by atoms with Gasteiger partial charge in [-0.1, -0.05) is 6.92 Å². The average molecular weight is 280 g/mol. The fraction of sp³-hybridized carbons (Fsp3) is 0.385. The van der Waals surface area contributed by atoms with Crippen molar-refractivity contribution in [2.24, 2.45) is 0 Å². The van der Waals surface area contributed by atoms with Crippen LogP contribution in [0.1, 0.15) is 19.0 Å². The molecule has 2 heterocycles. The van der Waals surface area contributed by atoms with Gasteiger partial charge in [0.05, 0.1) is 18.5 Å². The quantitative estimate of drug-likeness (QED) is 0.844. The number of thiazole rings is 1. The summed E-state index contributed by atoms with van der Waals surface area (Å²) in [6.45, 7) is 3.40. The van der Waals surface area contributed by atoms with Gasteiger partial charge in [0.2, 0.25) is 0 Å². The van der Waals surface area contributed by atoms with Crippen molar-refractivity contribution in [3.63, 3.8) is 0 Å². The molecule has 6 heteroatoms. The van der Waals surface area contributed by atoms with Crippen LogP contribution >= 0.6 is 11.3 Å². The van der Waals surface area contributed by atoms with Crippen molar-refractivity contribution in [1.29, 1.82) is 0 Å². The highest BCUT2D eigenvalue weighted by atomic mass is 32.1. The molecule has 2 aromatic heterocycles. The van der Waals surface area contributed by atoms with E-state index in [1.807, 2.05) is 23.3 Å². The Balaban J connectivity index is 2.03.